The van der Waals surface area contributed by atoms with E-state index in [0.29, 0.717) is 0 Å². The van der Waals surface area contributed by atoms with Gasteiger partial charge in [-0.15, -0.1) is 0 Å². The fourth-order valence-electron chi connectivity index (χ4n) is 4.59. The minimum atomic E-state index is -3.23. The Balaban J connectivity index is 1.51. The molecule has 3 aromatic rings. The molecule has 0 aromatic heterocycles. The quantitative estimate of drug-likeness (QED) is 0.484. The second kappa shape index (κ2) is 9.99. The van der Waals surface area contributed by atoms with Crippen LogP contribution >= 0.6 is 0 Å². The molecule has 0 radical (unpaired) electrons. The maximum Gasteiger partial charge on any atom is 0.235 e. The summed E-state index contributed by atoms with van der Waals surface area (Å²) in [7, 11) is -1.60. The first-order chi connectivity index (χ1) is 16.3. The zero-order valence-corrected chi connectivity index (χ0v) is 20.3. The first-order valence-electron chi connectivity index (χ1n) is 11.4. The number of anilines is 1. The lowest BCUT2D eigenvalue weighted by Crippen LogP contribution is -2.37. The van der Waals surface area contributed by atoms with Crippen LogP contribution in [0.25, 0.3) is 11.1 Å². The van der Waals surface area contributed by atoms with Crippen molar-refractivity contribution in [1.29, 1.82) is 0 Å². The third-order valence-corrected chi connectivity index (χ3v) is 7.15. The largest absolute Gasteiger partial charge is 0.497 e. The normalized spacial score (nSPS) is 15.1. The number of methoxy groups -OCH3 is 1. The molecule has 0 aliphatic heterocycles. The predicted octanol–water partition coefficient (Wildman–Crippen LogP) is 4.86. The summed E-state index contributed by atoms with van der Waals surface area (Å²) < 4.78 is 30.4. The molecular formula is C27H30N2O4S. The number of benzene rings is 3. The molecule has 0 unspecified atom stereocenters. The summed E-state index contributed by atoms with van der Waals surface area (Å²) in [6, 6.07) is 23.3. The Morgan fingerprint density at radius 2 is 1.62 bits per heavy atom. The Morgan fingerprint density at radius 3 is 2.24 bits per heavy atom. The molecule has 7 heteroatoms. The van der Waals surface area contributed by atoms with Gasteiger partial charge >= 0.3 is 0 Å². The number of nitrogens with one attached hydrogen (secondary N) is 2. The molecule has 0 saturated heterocycles. The molecule has 34 heavy (non-hydrogen) atoms. The van der Waals surface area contributed by atoms with Crippen LogP contribution in [0.4, 0.5) is 5.69 Å². The number of sulfonamides is 1. The Morgan fingerprint density at radius 1 is 0.941 bits per heavy atom. The summed E-state index contributed by atoms with van der Waals surface area (Å²) in [5.74, 6) is 0.803. The van der Waals surface area contributed by atoms with Crippen LogP contribution in [-0.2, 0) is 26.8 Å². The van der Waals surface area contributed by atoms with Gasteiger partial charge in [-0.1, -0.05) is 61.4 Å². The van der Waals surface area contributed by atoms with E-state index in [-0.39, 0.29) is 12.5 Å². The highest BCUT2D eigenvalue weighted by Gasteiger charge is 2.42. The van der Waals surface area contributed by atoms with Crippen LogP contribution in [0.3, 0.4) is 0 Å². The van der Waals surface area contributed by atoms with Gasteiger partial charge < -0.3 is 10.1 Å². The number of carbonyl (C=O) groups excluding carboxylic acids is 1. The van der Waals surface area contributed by atoms with Crippen LogP contribution in [0, 0.1) is 0 Å². The highest BCUT2D eigenvalue weighted by atomic mass is 32.2. The van der Waals surface area contributed by atoms with Crippen molar-refractivity contribution in [3.05, 3.63) is 83.9 Å². The zero-order chi connectivity index (χ0) is 24.2. The molecule has 0 bridgehead atoms. The number of amides is 1. The second-order valence-electron chi connectivity index (χ2n) is 8.84. The van der Waals surface area contributed by atoms with E-state index in [2.05, 4.69) is 10.0 Å². The fourth-order valence-corrected chi connectivity index (χ4v) is 5.02. The molecule has 1 aliphatic carbocycles. The van der Waals surface area contributed by atoms with Gasteiger partial charge in [-0.2, -0.15) is 0 Å². The van der Waals surface area contributed by atoms with Gasteiger partial charge in [0, 0.05) is 12.2 Å². The molecule has 1 aliphatic rings. The van der Waals surface area contributed by atoms with Crippen LogP contribution in [-0.4, -0.2) is 27.7 Å². The summed E-state index contributed by atoms with van der Waals surface area (Å²) in [6.45, 7) is 0.253. The number of hydrogen-bond acceptors (Lipinski definition) is 4. The lowest BCUT2D eigenvalue weighted by molar-refractivity contribution is -0.121. The Kier molecular flexibility index (Phi) is 7.05. The van der Waals surface area contributed by atoms with Crippen molar-refractivity contribution in [2.75, 3.05) is 18.7 Å². The van der Waals surface area contributed by atoms with E-state index in [1.165, 1.54) is 0 Å². The van der Waals surface area contributed by atoms with E-state index >= 15 is 0 Å². The van der Waals surface area contributed by atoms with Crippen LogP contribution < -0.4 is 14.8 Å². The molecule has 178 valence electrons. The van der Waals surface area contributed by atoms with Crippen LogP contribution in [0.2, 0.25) is 0 Å². The highest BCUT2D eigenvalue weighted by molar-refractivity contribution is 7.88. The van der Waals surface area contributed by atoms with Crippen LogP contribution in [0.1, 0.15) is 36.8 Å². The molecule has 2 N–H and O–H groups in total. The number of hydrogen-bond donors (Lipinski definition) is 2. The van der Waals surface area contributed by atoms with Gasteiger partial charge in [0.2, 0.25) is 15.9 Å². The Hall–Kier alpha value is -3.16. The first-order valence-corrected chi connectivity index (χ1v) is 13.3. The van der Waals surface area contributed by atoms with E-state index in [1.807, 2.05) is 72.8 Å². The number of ether oxygens (including phenoxy) is 1. The second-order valence-corrected chi connectivity index (χ2v) is 10.7. The minimum Gasteiger partial charge on any atom is -0.497 e. The minimum absolute atomic E-state index is 0.0227. The summed E-state index contributed by atoms with van der Waals surface area (Å²) in [4.78, 5) is 13.5. The van der Waals surface area contributed by atoms with Crippen molar-refractivity contribution >= 4 is 21.6 Å². The summed E-state index contributed by atoms with van der Waals surface area (Å²) in [5.41, 5.74) is 4.09. The van der Waals surface area contributed by atoms with Gasteiger partial charge in [0.1, 0.15) is 5.75 Å². The Labute approximate surface area is 201 Å². The molecule has 1 amide bonds. The lowest BCUT2D eigenvalue weighted by atomic mass is 9.78. The SMILES string of the molecule is COc1ccc(C2(C(=O)Nc3cccc(-c4ccc(CNS(C)(=O)=O)cc4)c3)CCCC2)cc1. The predicted molar refractivity (Wildman–Crippen MR) is 135 cm³/mol. The van der Waals surface area contributed by atoms with E-state index < -0.39 is 15.4 Å². The van der Waals surface area contributed by atoms with Gasteiger partial charge in [0.05, 0.1) is 18.8 Å². The van der Waals surface area contributed by atoms with Crippen LogP contribution in [0.5, 0.6) is 5.75 Å². The highest BCUT2D eigenvalue weighted by Crippen LogP contribution is 2.42. The van der Waals surface area contributed by atoms with Crippen molar-refractivity contribution in [1.82, 2.24) is 4.72 Å². The number of carbonyl (C=O) groups is 1. The summed E-state index contributed by atoms with van der Waals surface area (Å²) in [5, 5.41) is 3.16. The maximum absolute atomic E-state index is 13.5. The average Bonchev–Trinajstić information content (AvgIpc) is 3.34. The van der Waals surface area contributed by atoms with Crippen LogP contribution in [0.15, 0.2) is 72.8 Å². The van der Waals surface area contributed by atoms with Gasteiger partial charge in [-0.3, -0.25) is 4.79 Å². The van der Waals surface area contributed by atoms with Gasteiger partial charge in [0.15, 0.2) is 0 Å². The first kappa shape index (κ1) is 24.0. The molecule has 0 heterocycles. The monoisotopic (exact) mass is 478 g/mol. The Bertz CT molecular complexity index is 1250. The maximum atomic E-state index is 13.5. The van der Waals surface area contributed by atoms with E-state index in [4.69, 9.17) is 4.74 Å². The molecular weight excluding hydrogens is 448 g/mol. The molecule has 1 fully saturated rings. The van der Waals surface area contributed by atoms with Crippen molar-refractivity contribution in [3.63, 3.8) is 0 Å². The standard InChI is InChI=1S/C27H30N2O4S/c1-33-25-14-12-23(13-15-25)27(16-3-4-17-27)26(30)29-24-7-5-6-22(18-24)21-10-8-20(9-11-21)19-28-34(2,31)32/h5-15,18,28H,3-4,16-17,19H2,1-2H3,(H,29,30). The van der Waals surface area contributed by atoms with E-state index in [9.17, 15) is 13.2 Å². The smallest absolute Gasteiger partial charge is 0.235 e. The van der Waals surface area contributed by atoms with Gasteiger partial charge in [0.25, 0.3) is 0 Å². The van der Waals surface area contributed by atoms with Crippen molar-refractivity contribution in [3.8, 4) is 16.9 Å². The summed E-state index contributed by atoms with van der Waals surface area (Å²) in [6.07, 6.45) is 4.85. The molecule has 0 spiro atoms. The van der Waals surface area contributed by atoms with Gasteiger partial charge in [-0.25, -0.2) is 13.1 Å². The third-order valence-electron chi connectivity index (χ3n) is 6.48. The molecule has 1 saturated carbocycles. The molecule has 3 aromatic carbocycles. The third kappa shape index (κ3) is 5.48. The molecule has 0 atom stereocenters. The summed E-state index contributed by atoms with van der Waals surface area (Å²) >= 11 is 0. The molecule has 6 nitrogen and oxygen atoms in total. The lowest BCUT2D eigenvalue weighted by Gasteiger charge is -2.28. The molecule has 4 rings (SSSR count). The van der Waals surface area contributed by atoms with Crippen molar-refractivity contribution < 1.29 is 17.9 Å². The van der Waals surface area contributed by atoms with Gasteiger partial charge in [-0.05, 0) is 59.4 Å². The number of rotatable bonds is 8. The van der Waals surface area contributed by atoms with E-state index in [0.717, 1.165) is 65.6 Å². The van der Waals surface area contributed by atoms with E-state index in [1.54, 1.807) is 7.11 Å². The van der Waals surface area contributed by atoms with Crippen molar-refractivity contribution in [2.45, 2.75) is 37.6 Å². The van der Waals surface area contributed by atoms with Crippen molar-refractivity contribution in [2.24, 2.45) is 0 Å². The fraction of sp³-hybridized carbons (Fsp3) is 0.296. The zero-order valence-electron chi connectivity index (χ0n) is 19.5. The average molecular weight is 479 g/mol. The topological polar surface area (TPSA) is 84.5 Å².